The molecule has 5 nitrogen and oxygen atoms in total. The maximum atomic E-state index is 11.6. The van der Waals surface area contributed by atoms with E-state index in [2.05, 4.69) is 18.2 Å². The highest BCUT2D eigenvalue weighted by molar-refractivity contribution is 6.00. The van der Waals surface area contributed by atoms with Gasteiger partial charge in [-0.3, -0.25) is 0 Å². The Labute approximate surface area is 191 Å². The Morgan fingerprint density at radius 3 is 2.30 bits per heavy atom. The van der Waals surface area contributed by atoms with Crippen molar-refractivity contribution in [1.29, 1.82) is 0 Å². The van der Waals surface area contributed by atoms with Crippen molar-refractivity contribution in [3.8, 4) is 22.8 Å². The molecule has 0 radical (unpaired) electrons. The van der Waals surface area contributed by atoms with E-state index in [0.29, 0.717) is 25.5 Å². The monoisotopic (exact) mass is 437 g/mol. The summed E-state index contributed by atoms with van der Waals surface area (Å²) in [4.78, 5) is 11.6. The van der Waals surface area contributed by atoms with Crippen molar-refractivity contribution in [2.75, 3.05) is 6.61 Å². The Morgan fingerprint density at radius 2 is 1.48 bits per heavy atom. The summed E-state index contributed by atoms with van der Waals surface area (Å²) >= 11 is 0. The number of nitrogens with zero attached hydrogens (tertiary/aromatic N) is 1. The van der Waals surface area contributed by atoms with Gasteiger partial charge < -0.3 is 19.1 Å². The van der Waals surface area contributed by atoms with Crippen LogP contribution in [0.25, 0.3) is 32.8 Å². The molecule has 0 aliphatic carbocycles. The van der Waals surface area contributed by atoms with Crippen LogP contribution in [0.5, 0.6) is 11.6 Å². The molecule has 1 N–H and O–H groups in total. The molecule has 5 heteroatoms. The Bertz CT molecular complexity index is 1420. The molecule has 4 aromatic carbocycles. The molecule has 0 atom stereocenters. The molecule has 1 heterocycles. The van der Waals surface area contributed by atoms with Crippen molar-refractivity contribution in [1.82, 2.24) is 4.57 Å². The van der Waals surface area contributed by atoms with Gasteiger partial charge in [-0.1, -0.05) is 84.9 Å². The number of ether oxygens (including phenoxy) is 2. The summed E-state index contributed by atoms with van der Waals surface area (Å²) in [6.45, 7) is 1.05. The summed E-state index contributed by atoms with van der Waals surface area (Å²) in [6, 6.07) is 31.8. The highest BCUT2D eigenvalue weighted by Gasteiger charge is 2.21. The lowest BCUT2D eigenvalue weighted by Gasteiger charge is -2.12. The third-order valence-electron chi connectivity index (χ3n) is 5.70. The predicted octanol–water partition coefficient (Wildman–Crippen LogP) is 6.99. The molecule has 0 aliphatic rings. The van der Waals surface area contributed by atoms with Crippen molar-refractivity contribution < 1.29 is 19.4 Å². The van der Waals surface area contributed by atoms with Crippen LogP contribution in [0.15, 0.2) is 97.1 Å². The summed E-state index contributed by atoms with van der Waals surface area (Å²) in [5, 5.41) is 12.6. The lowest BCUT2D eigenvalue weighted by Crippen LogP contribution is -2.11. The summed E-state index contributed by atoms with van der Waals surface area (Å²) in [6.07, 6.45) is -0.644. The van der Waals surface area contributed by atoms with Gasteiger partial charge in [0.15, 0.2) is 0 Å². The van der Waals surface area contributed by atoms with E-state index >= 15 is 0 Å². The molecule has 0 unspecified atom stereocenters. The van der Waals surface area contributed by atoms with E-state index in [1.165, 1.54) is 0 Å². The first-order valence-electron chi connectivity index (χ1n) is 10.9. The van der Waals surface area contributed by atoms with Crippen LogP contribution in [0.2, 0.25) is 0 Å². The van der Waals surface area contributed by atoms with Crippen LogP contribution in [-0.4, -0.2) is 22.4 Å². The van der Waals surface area contributed by atoms with E-state index in [9.17, 15) is 9.90 Å². The van der Waals surface area contributed by atoms with Crippen molar-refractivity contribution in [3.05, 3.63) is 97.1 Å². The van der Waals surface area contributed by atoms with Gasteiger partial charge in [-0.2, -0.15) is 0 Å². The van der Waals surface area contributed by atoms with Crippen molar-refractivity contribution in [3.63, 3.8) is 0 Å². The summed E-state index contributed by atoms with van der Waals surface area (Å²) in [7, 11) is 0. The number of carbonyl (C=O) groups is 1. The smallest absolute Gasteiger partial charge is 0.493 e. The fraction of sp³-hybridized carbons (Fsp3) is 0.107. The molecular formula is C28H23NO4. The standard InChI is InChI=1S/C28H23NO4/c30-28(31)33-27-26(21-11-2-1-3-12-21)23-15-6-7-16-24(23)29(27)18-9-19-32-25-17-8-13-20-10-4-5-14-22(20)25/h1-8,10-17H,9,18-19H2,(H,30,31). The average Bonchev–Trinajstić information content (AvgIpc) is 3.14. The fourth-order valence-electron chi connectivity index (χ4n) is 4.30. The second kappa shape index (κ2) is 9.09. The molecule has 1 aromatic heterocycles. The fourth-order valence-corrected chi connectivity index (χ4v) is 4.30. The largest absolute Gasteiger partial charge is 0.512 e. The minimum atomic E-state index is -1.33. The van der Waals surface area contributed by atoms with E-state index in [1.807, 2.05) is 83.4 Å². The number of aryl methyl sites for hydroxylation is 1. The molecular weight excluding hydrogens is 414 g/mol. The van der Waals surface area contributed by atoms with Gasteiger partial charge >= 0.3 is 6.16 Å². The molecule has 0 aliphatic heterocycles. The SMILES string of the molecule is O=C(O)Oc1c(-c2ccccc2)c2ccccc2n1CCCOc1cccc2ccccc12. The third kappa shape index (κ3) is 4.13. The van der Waals surface area contributed by atoms with Gasteiger partial charge in [-0.05, 0) is 29.5 Å². The minimum Gasteiger partial charge on any atom is -0.493 e. The highest BCUT2D eigenvalue weighted by Crippen LogP contribution is 2.40. The van der Waals surface area contributed by atoms with Crippen molar-refractivity contribution in [2.24, 2.45) is 0 Å². The molecule has 5 rings (SSSR count). The van der Waals surface area contributed by atoms with E-state index in [0.717, 1.165) is 38.6 Å². The second-order valence-electron chi connectivity index (χ2n) is 7.76. The third-order valence-corrected chi connectivity index (χ3v) is 5.70. The Balaban J connectivity index is 1.44. The van der Waals surface area contributed by atoms with Gasteiger partial charge in [-0.15, -0.1) is 0 Å². The first-order valence-corrected chi connectivity index (χ1v) is 10.9. The summed E-state index contributed by atoms with van der Waals surface area (Å²) < 4.78 is 13.4. The van der Waals surface area contributed by atoms with Crippen molar-refractivity contribution in [2.45, 2.75) is 13.0 Å². The lowest BCUT2D eigenvalue weighted by molar-refractivity contribution is 0.141. The molecule has 0 spiro atoms. The minimum absolute atomic E-state index is 0.333. The van der Waals surface area contributed by atoms with Crippen LogP contribution < -0.4 is 9.47 Å². The second-order valence-corrected chi connectivity index (χ2v) is 7.76. The van der Waals surface area contributed by atoms with Gasteiger partial charge in [0.05, 0.1) is 17.7 Å². The molecule has 33 heavy (non-hydrogen) atoms. The van der Waals surface area contributed by atoms with Gasteiger partial charge in [0.2, 0.25) is 5.88 Å². The molecule has 0 fully saturated rings. The molecule has 0 saturated heterocycles. The van der Waals surface area contributed by atoms with Crippen LogP contribution in [0, 0.1) is 0 Å². The van der Waals surface area contributed by atoms with Crippen LogP contribution >= 0.6 is 0 Å². The van der Waals surface area contributed by atoms with Gasteiger partial charge in [-0.25, -0.2) is 4.79 Å². The zero-order valence-corrected chi connectivity index (χ0v) is 18.0. The molecule has 0 amide bonds. The van der Waals surface area contributed by atoms with E-state index in [1.54, 1.807) is 0 Å². The molecule has 0 saturated carbocycles. The van der Waals surface area contributed by atoms with Crippen LogP contribution in [0.3, 0.4) is 0 Å². The quantitative estimate of drug-likeness (QED) is 0.220. The number of hydrogen-bond donors (Lipinski definition) is 1. The maximum absolute atomic E-state index is 11.6. The number of rotatable bonds is 7. The molecule has 0 bridgehead atoms. The highest BCUT2D eigenvalue weighted by atomic mass is 16.7. The zero-order valence-electron chi connectivity index (χ0n) is 18.0. The van der Waals surface area contributed by atoms with Crippen LogP contribution in [0.4, 0.5) is 4.79 Å². The van der Waals surface area contributed by atoms with E-state index in [4.69, 9.17) is 9.47 Å². The Kier molecular flexibility index (Phi) is 5.68. The van der Waals surface area contributed by atoms with Gasteiger partial charge in [0.1, 0.15) is 5.75 Å². The first-order chi connectivity index (χ1) is 16.2. The topological polar surface area (TPSA) is 60.7 Å². The Morgan fingerprint density at radius 1 is 0.788 bits per heavy atom. The van der Waals surface area contributed by atoms with Crippen LogP contribution in [0.1, 0.15) is 6.42 Å². The predicted molar refractivity (Wildman–Crippen MR) is 130 cm³/mol. The molecule has 164 valence electrons. The number of para-hydroxylation sites is 1. The van der Waals surface area contributed by atoms with E-state index in [-0.39, 0.29) is 0 Å². The average molecular weight is 437 g/mol. The maximum Gasteiger partial charge on any atom is 0.512 e. The lowest BCUT2D eigenvalue weighted by atomic mass is 10.0. The van der Waals surface area contributed by atoms with Crippen molar-refractivity contribution >= 4 is 27.8 Å². The molecule has 5 aromatic rings. The van der Waals surface area contributed by atoms with Gasteiger partial charge in [0, 0.05) is 17.3 Å². The zero-order chi connectivity index (χ0) is 22.6. The first kappa shape index (κ1) is 20.6. The van der Waals surface area contributed by atoms with Crippen LogP contribution in [-0.2, 0) is 6.54 Å². The number of aromatic nitrogens is 1. The summed E-state index contributed by atoms with van der Waals surface area (Å²) in [5.41, 5.74) is 2.62. The van der Waals surface area contributed by atoms with Gasteiger partial charge in [0.25, 0.3) is 0 Å². The Hall–Kier alpha value is -4.25. The summed E-state index contributed by atoms with van der Waals surface area (Å²) in [5.74, 6) is 1.18. The number of benzene rings is 4. The normalized spacial score (nSPS) is 11.0. The number of hydrogen-bond acceptors (Lipinski definition) is 3. The number of fused-ring (bicyclic) bond motifs is 2. The number of carboxylic acid groups (broad SMARTS) is 1. The van der Waals surface area contributed by atoms with E-state index < -0.39 is 6.16 Å².